The molecule has 1 aromatic carbocycles. The van der Waals surface area contributed by atoms with E-state index in [1.165, 1.54) is 0 Å². The van der Waals surface area contributed by atoms with Gasteiger partial charge in [-0.3, -0.25) is 4.79 Å². The summed E-state index contributed by atoms with van der Waals surface area (Å²) in [5.74, 6) is 0. The highest BCUT2D eigenvalue weighted by molar-refractivity contribution is 7.08. The van der Waals surface area contributed by atoms with E-state index in [1.54, 1.807) is 17.7 Å². The van der Waals surface area contributed by atoms with Gasteiger partial charge in [-0.2, -0.15) is 16.3 Å². The molecule has 23 heavy (non-hydrogen) atoms. The Kier molecular flexibility index (Phi) is 3.48. The summed E-state index contributed by atoms with van der Waals surface area (Å²) in [5, 5.41) is 4.02. The lowest BCUT2D eigenvalue weighted by molar-refractivity contribution is 0.796. The van der Waals surface area contributed by atoms with Crippen molar-refractivity contribution in [2.24, 2.45) is 0 Å². The monoisotopic (exact) mass is 319 g/mol. The number of nitrogens with zero attached hydrogens (tertiary/aromatic N) is 3. The van der Waals surface area contributed by atoms with Gasteiger partial charge in [0.2, 0.25) is 0 Å². The van der Waals surface area contributed by atoms with E-state index in [0.29, 0.717) is 12.1 Å². The SMILES string of the molecule is O=c1ncn(Cc2ccccc2)c2ccc(-c3ccsc3)nc12. The number of benzene rings is 1. The molecule has 0 aliphatic heterocycles. The van der Waals surface area contributed by atoms with Crippen molar-refractivity contribution in [3.05, 3.63) is 81.5 Å². The molecule has 3 aromatic heterocycles. The van der Waals surface area contributed by atoms with Crippen LogP contribution in [0.3, 0.4) is 0 Å². The number of pyridine rings is 1. The second kappa shape index (κ2) is 5.78. The molecule has 0 bridgehead atoms. The van der Waals surface area contributed by atoms with Crippen LogP contribution in [0.5, 0.6) is 0 Å². The van der Waals surface area contributed by atoms with Crippen LogP contribution in [0.25, 0.3) is 22.3 Å². The van der Waals surface area contributed by atoms with Gasteiger partial charge in [0.15, 0.2) is 5.52 Å². The van der Waals surface area contributed by atoms with E-state index in [-0.39, 0.29) is 5.56 Å². The minimum Gasteiger partial charge on any atom is -0.326 e. The summed E-state index contributed by atoms with van der Waals surface area (Å²) < 4.78 is 1.95. The Labute approximate surface area is 136 Å². The summed E-state index contributed by atoms with van der Waals surface area (Å²) in [6, 6.07) is 16.0. The number of rotatable bonds is 3. The fourth-order valence-corrected chi connectivity index (χ4v) is 3.21. The van der Waals surface area contributed by atoms with Crippen molar-refractivity contribution in [3.63, 3.8) is 0 Å². The molecule has 112 valence electrons. The molecule has 0 fully saturated rings. The molecule has 0 radical (unpaired) electrons. The quantitative estimate of drug-likeness (QED) is 0.580. The van der Waals surface area contributed by atoms with Crippen LogP contribution < -0.4 is 5.56 Å². The molecular formula is C18H13N3OS. The Morgan fingerprint density at radius 3 is 2.70 bits per heavy atom. The summed E-state index contributed by atoms with van der Waals surface area (Å²) >= 11 is 1.61. The largest absolute Gasteiger partial charge is 0.326 e. The maximum Gasteiger partial charge on any atom is 0.299 e. The van der Waals surface area contributed by atoms with Crippen LogP contribution in [0.1, 0.15) is 5.56 Å². The fraction of sp³-hybridized carbons (Fsp3) is 0.0556. The van der Waals surface area contributed by atoms with Gasteiger partial charge in [-0.05, 0) is 29.1 Å². The molecule has 0 saturated heterocycles. The summed E-state index contributed by atoms with van der Waals surface area (Å²) in [4.78, 5) is 20.6. The molecule has 5 heteroatoms. The van der Waals surface area contributed by atoms with Gasteiger partial charge < -0.3 is 4.57 Å². The second-order valence-corrected chi connectivity index (χ2v) is 6.02. The molecule has 0 atom stereocenters. The molecule has 3 heterocycles. The van der Waals surface area contributed by atoms with E-state index >= 15 is 0 Å². The Morgan fingerprint density at radius 2 is 1.91 bits per heavy atom. The van der Waals surface area contributed by atoms with Crippen molar-refractivity contribution < 1.29 is 0 Å². The van der Waals surface area contributed by atoms with Gasteiger partial charge in [0.25, 0.3) is 5.56 Å². The predicted octanol–water partition coefficient (Wildman–Crippen LogP) is 3.57. The van der Waals surface area contributed by atoms with E-state index in [0.717, 1.165) is 22.3 Å². The van der Waals surface area contributed by atoms with Gasteiger partial charge in [-0.25, -0.2) is 4.98 Å². The summed E-state index contributed by atoms with van der Waals surface area (Å²) in [7, 11) is 0. The van der Waals surface area contributed by atoms with Crippen LogP contribution in [0, 0.1) is 0 Å². The highest BCUT2D eigenvalue weighted by Gasteiger charge is 2.08. The van der Waals surface area contributed by atoms with Crippen molar-refractivity contribution in [1.29, 1.82) is 0 Å². The van der Waals surface area contributed by atoms with Gasteiger partial charge >= 0.3 is 0 Å². The van der Waals surface area contributed by atoms with Gasteiger partial charge in [-0.15, -0.1) is 0 Å². The second-order valence-electron chi connectivity index (χ2n) is 5.24. The van der Waals surface area contributed by atoms with E-state index < -0.39 is 0 Å². The lowest BCUT2D eigenvalue weighted by Gasteiger charge is -2.10. The Morgan fingerprint density at radius 1 is 1.04 bits per heavy atom. The molecular weight excluding hydrogens is 306 g/mol. The lowest BCUT2D eigenvalue weighted by atomic mass is 10.2. The molecule has 0 amide bonds. The minimum atomic E-state index is -0.290. The molecule has 0 aliphatic rings. The maximum atomic E-state index is 12.1. The van der Waals surface area contributed by atoms with Crippen LogP contribution in [0.2, 0.25) is 0 Å². The van der Waals surface area contributed by atoms with Crippen LogP contribution in [0.4, 0.5) is 0 Å². The van der Waals surface area contributed by atoms with E-state index in [9.17, 15) is 4.79 Å². The third kappa shape index (κ3) is 2.66. The van der Waals surface area contributed by atoms with Gasteiger partial charge in [0.05, 0.1) is 17.5 Å². The van der Waals surface area contributed by atoms with Crippen LogP contribution in [0.15, 0.2) is 70.4 Å². The predicted molar refractivity (Wildman–Crippen MR) is 92.7 cm³/mol. The highest BCUT2D eigenvalue weighted by Crippen LogP contribution is 2.22. The number of thiophene rings is 1. The van der Waals surface area contributed by atoms with Crippen molar-refractivity contribution in [2.75, 3.05) is 0 Å². The van der Waals surface area contributed by atoms with Gasteiger partial charge in [0.1, 0.15) is 0 Å². The summed E-state index contributed by atoms with van der Waals surface area (Å²) in [6.07, 6.45) is 1.59. The topological polar surface area (TPSA) is 47.8 Å². The molecule has 4 nitrogen and oxygen atoms in total. The normalized spacial score (nSPS) is 11.0. The van der Waals surface area contributed by atoms with Crippen LogP contribution >= 0.6 is 11.3 Å². The Balaban J connectivity index is 1.84. The van der Waals surface area contributed by atoms with E-state index in [1.807, 2.05) is 51.7 Å². The number of hydrogen-bond donors (Lipinski definition) is 0. The van der Waals surface area contributed by atoms with Gasteiger partial charge in [0, 0.05) is 17.5 Å². The third-order valence-corrected chi connectivity index (χ3v) is 4.40. The number of fused-ring (bicyclic) bond motifs is 1. The van der Waals surface area contributed by atoms with Crippen molar-refractivity contribution in [2.45, 2.75) is 6.54 Å². The Hall–Kier alpha value is -2.79. The van der Waals surface area contributed by atoms with Crippen LogP contribution in [-0.2, 0) is 6.54 Å². The lowest BCUT2D eigenvalue weighted by Crippen LogP contribution is -2.14. The zero-order chi connectivity index (χ0) is 15.6. The van der Waals surface area contributed by atoms with Crippen LogP contribution in [-0.4, -0.2) is 14.5 Å². The molecule has 0 aliphatic carbocycles. The fourth-order valence-electron chi connectivity index (χ4n) is 2.56. The first kappa shape index (κ1) is 13.8. The third-order valence-electron chi connectivity index (χ3n) is 3.71. The molecule has 0 saturated carbocycles. The summed E-state index contributed by atoms with van der Waals surface area (Å²) in [5.41, 5.74) is 3.90. The van der Waals surface area contributed by atoms with E-state index in [2.05, 4.69) is 22.1 Å². The zero-order valence-corrected chi connectivity index (χ0v) is 13.0. The van der Waals surface area contributed by atoms with Crippen molar-refractivity contribution >= 4 is 22.4 Å². The standard InChI is InChI=1S/C18H13N3OS/c22-18-17-16(7-6-15(20-17)14-8-9-23-11-14)21(12-19-18)10-13-4-2-1-3-5-13/h1-9,11-12H,10H2. The first-order valence-electron chi connectivity index (χ1n) is 7.24. The maximum absolute atomic E-state index is 12.1. The number of hydrogen-bond acceptors (Lipinski definition) is 4. The molecule has 4 aromatic rings. The summed E-state index contributed by atoms with van der Waals surface area (Å²) in [6.45, 7) is 0.657. The first-order valence-corrected chi connectivity index (χ1v) is 8.18. The smallest absolute Gasteiger partial charge is 0.299 e. The molecule has 0 unspecified atom stereocenters. The Bertz CT molecular complexity index is 1010. The highest BCUT2D eigenvalue weighted by atomic mass is 32.1. The van der Waals surface area contributed by atoms with Crippen molar-refractivity contribution in [1.82, 2.24) is 14.5 Å². The van der Waals surface area contributed by atoms with Gasteiger partial charge in [-0.1, -0.05) is 30.3 Å². The first-order chi connectivity index (χ1) is 11.3. The molecule has 0 N–H and O–H groups in total. The van der Waals surface area contributed by atoms with Crippen molar-refractivity contribution in [3.8, 4) is 11.3 Å². The van der Waals surface area contributed by atoms with E-state index in [4.69, 9.17) is 0 Å². The minimum absolute atomic E-state index is 0.290. The molecule has 4 rings (SSSR count). The number of aromatic nitrogens is 3. The average Bonchev–Trinajstić information content (AvgIpc) is 3.13. The zero-order valence-electron chi connectivity index (χ0n) is 12.2. The molecule has 0 spiro atoms. The average molecular weight is 319 g/mol.